The number of amides is 1. The zero-order valence-corrected chi connectivity index (χ0v) is 14.8. The van der Waals surface area contributed by atoms with Crippen LogP contribution in [0.1, 0.15) is 12.0 Å². The lowest BCUT2D eigenvalue weighted by Crippen LogP contribution is -2.47. The first kappa shape index (κ1) is 16.9. The van der Waals surface area contributed by atoms with Gasteiger partial charge in [0, 0.05) is 32.7 Å². The Balaban J connectivity index is 1.35. The summed E-state index contributed by atoms with van der Waals surface area (Å²) in [6.45, 7) is 4.59. The molecule has 0 N–H and O–H groups in total. The van der Waals surface area contributed by atoms with E-state index in [1.807, 2.05) is 35.2 Å². The molecule has 0 radical (unpaired) electrons. The molecule has 1 saturated heterocycles. The van der Waals surface area contributed by atoms with Crippen LogP contribution in [0, 0.1) is 0 Å². The normalized spacial score (nSPS) is 20.5. The average Bonchev–Trinajstić information content (AvgIpc) is 2.93. The largest absolute Gasteiger partial charge is 0.485 e. The number of benzene rings is 2. The molecule has 1 unspecified atom stereocenters. The molecule has 0 spiro atoms. The maximum Gasteiger partial charge on any atom is 0.267 e. The van der Waals surface area contributed by atoms with Crippen molar-refractivity contribution >= 4 is 5.91 Å². The fraction of sp³-hybridized carbons (Fsp3) is 0.381. The van der Waals surface area contributed by atoms with Crippen molar-refractivity contribution in [3.63, 3.8) is 0 Å². The van der Waals surface area contributed by atoms with Crippen molar-refractivity contribution in [3.8, 4) is 11.5 Å². The van der Waals surface area contributed by atoms with Gasteiger partial charge in [-0.3, -0.25) is 9.69 Å². The molecule has 1 fully saturated rings. The molecule has 5 heteroatoms. The van der Waals surface area contributed by atoms with Crippen LogP contribution in [0.2, 0.25) is 0 Å². The van der Waals surface area contributed by atoms with E-state index < -0.39 is 6.10 Å². The third kappa shape index (κ3) is 3.83. The zero-order valence-electron chi connectivity index (χ0n) is 14.8. The second-order valence-corrected chi connectivity index (χ2v) is 6.80. The van der Waals surface area contributed by atoms with Gasteiger partial charge in [0.25, 0.3) is 5.91 Å². The lowest BCUT2D eigenvalue weighted by atomic mass is 10.2. The minimum absolute atomic E-state index is 0.0288. The number of fused-ring (bicyclic) bond motifs is 1. The van der Waals surface area contributed by atoms with Gasteiger partial charge >= 0.3 is 0 Å². The molecule has 136 valence electrons. The van der Waals surface area contributed by atoms with Gasteiger partial charge in [0.2, 0.25) is 6.10 Å². The van der Waals surface area contributed by atoms with Crippen LogP contribution in [0.3, 0.4) is 0 Å². The molecule has 1 amide bonds. The highest BCUT2D eigenvalue weighted by Crippen LogP contribution is 2.31. The summed E-state index contributed by atoms with van der Waals surface area (Å²) < 4.78 is 11.6. The third-order valence-corrected chi connectivity index (χ3v) is 4.93. The van der Waals surface area contributed by atoms with Crippen molar-refractivity contribution in [1.29, 1.82) is 0 Å². The van der Waals surface area contributed by atoms with E-state index in [9.17, 15) is 4.79 Å². The highest BCUT2D eigenvalue weighted by atomic mass is 16.6. The minimum atomic E-state index is -0.550. The third-order valence-electron chi connectivity index (χ3n) is 4.93. The van der Waals surface area contributed by atoms with Crippen LogP contribution in [0.4, 0.5) is 0 Å². The maximum absolute atomic E-state index is 12.9. The van der Waals surface area contributed by atoms with Crippen molar-refractivity contribution < 1.29 is 14.3 Å². The Kier molecular flexibility index (Phi) is 5.07. The van der Waals surface area contributed by atoms with Crippen LogP contribution in [-0.2, 0) is 11.3 Å². The first-order valence-electron chi connectivity index (χ1n) is 9.23. The Morgan fingerprint density at radius 3 is 2.54 bits per heavy atom. The van der Waals surface area contributed by atoms with Gasteiger partial charge in [-0.25, -0.2) is 0 Å². The van der Waals surface area contributed by atoms with Gasteiger partial charge in [-0.05, 0) is 24.1 Å². The number of nitrogens with zero attached hydrogens (tertiary/aromatic N) is 2. The Hall–Kier alpha value is -2.53. The average molecular weight is 352 g/mol. The van der Waals surface area contributed by atoms with Crippen LogP contribution in [0.25, 0.3) is 0 Å². The van der Waals surface area contributed by atoms with Crippen molar-refractivity contribution in [3.05, 3.63) is 60.2 Å². The van der Waals surface area contributed by atoms with Gasteiger partial charge in [0.1, 0.15) is 6.61 Å². The number of para-hydroxylation sites is 2. The maximum atomic E-state index is 12.9. The number of carbonyl (C=O) groups excluding carboxylic acids is 1. The number of hydrogen-bond donors (Lipinski definition) is 0. The predicted molar refractivity (Wildman–Crippen MR) is 99.3 cm³/mol. The van der Waals surface area contributed by atoms with Crippen LogP contribution < -0.4 is 9.47 Å². The fourth-order valence-corrected chi connectivity index (χ4v) is 3.54. The smallest absolute Gasteiger partial charge is 0.267 e. The first-order chi connectivity index (χ1) is 12.8. The quantitative estimate of drug-likeness (QED) is 0.851. The summed E-state index contributed by atoms with van der Waals surface area (Å²) in [6.07, 6.45) is 0.425. The molecule has 4 rings (SSSR count). The van der Waals surface area contributed by atoms with E-state index in [-0.39, 0.29) is 12.5 Å². The first-order valence-corrected chi connectivity index (χ1v) is 9.23. The molecule has 2 aliphatic heterocycles. The van der Waals surface area contributed by atoms with Crippen molar-refractivity contribution in [1.82, 2.24) is 9.80 Å². The van der Waals surface area contributed by atoms with Gasteiger partial charge in [-0.2, -0.15) is 0 Å². The molecule has 5 nitrogen and oxygen atoms in total. The Morgan fingerprint density at radius 1 is 0.923 bits per heavy atom. The Labute approximate surface area is 154 Å². The number of hydrogen-bond acceptors (Lipinski definition) is 4. The van der Waals surface area contributed by atoms with Crippen LogP contribution >= 0.6 is 0 Å². The van der Waals surface area contributed by atoms with E-state index in [1.54, 1.807) is 0 Å². The summed E-state index contributed by atoms with van der Waals surface area (Å²) in [5.74, 6) is 1.39. The standard InChI is InChI=1S/C21H24N2O3/c24-21(20-16-25-18-9-4-5-10-19(18)26-20)23-12-6-11-22(13-14-23)15-17-7-2-1-3-8-17/h1-5,7-10,20H,6,11-16H2. The molecule has 26 heavy (non-hydrogen) atoms. The molecule has 2 heterocycles. The lowest BCUT2D eigenvalue weighted by molar-refractivity contribution is -0.141. The predicted octanol–water partition coefficient (Wildman–Crippen LogP) is 2.56. The minimum Gasteiger partial charge on any atom is -0.485 e. The van der Waals surface area contributed by atoms with E-state index in [0.29, 0.717) is 11.5 Å². The molecule has 2 aliphatic rings. The van der Waals surface area contributed by atoms with Gasteiger partial charge in [0.05, 0.1) is 0 Å². The van der Waals surface area contributed by atoms with Crippen molar-refractivity contribution in [2.75, 3.05) is 32.8 Å². The molecular weight excluding hydrogens is 328 g/mol. The summed E-state index contributed by atoms with van der Waals surface area (Å²) in [5.41, 5.74) is 1.31. The number of rotatable bonds is 3. The summed E-state index contributed by atoms with van der Waals surface area (Å²) >= 11 is 0. The van der Waals surface area contributed by atoms with E-state index in [1.165, 1.54) is 5.56 Å². The Morgan fingerprint density at radius 2 is 1.69 bits per heavy atom. The highest BCUT2D eigenvalue weighted by Gasteiger charge is 2.31. The summed E-state index contributed by atoms with van der Waals surface area (Å²) in [7, 11) is 0. The van der Waals surface area contributed by atoms with Gasteiger partial charge in [0.15, 0.2) is 11.5 Å². The highest BCUT2D eigenvalue weighted by molar-refractivity contribution is 5.82. The van der Waals surface area contributed by atoms with E-state index in [2.05, 4.69) is 29.2 Å². The second kappa shape index (κ2) is 7.79. The SMILES string of the molecule is O=C(C1COc2ccccc2O1)N1CCCN(Cc2ccccc2)CC1. The van der Waals surface area contributed by atoms with Crippen molar-refractivity contribution in [2.24, 2.45) is 0 Å². The molecule has 0 aromatic heterocycles. The van der Waals surface area contributed by atoms with Crippen LogP contribution in [0.15, 0.2) is 54.6 Å². The monoisotopic (exact) mass is 352 g/mol. The summed E-state index contributed by atoms with van der Waals surface area (Å²) in [4.78, 5) is 17.2. The fourth-order valence-electron chi connectivity index (χ4n) is 3.54. The molecule has 0 bridgehead atoms. The molecule has 1 atom stereocenters. The van der Waals surface area contributed by atoms with Gasteiger partial charge in [-0.1, -0.05) is 42.5 Å². The molecule has 2 aromatic carbocycles. The van der Waals surface area contributed by atoms with E-state index in [0.717, 1.165) is 39.1 Å². The van der Waals surface area contributed by atoms with Crippen LogP contribution in [-0.4, -0.2) is 54.6 Å². The Bertz CT molecular complexity index is 750. The molecular formula is C21H24N2O3. The molecule has 2 aromatic rings. The van der Waals surface area contributed by atoms with Gasteiger partial charge in [-0.15, -0.1) is 0 Å². The lowest BCUT2D eigenvalue weighted by Gasteiger charge is -2.30. The van der Waals surface area contributed by atoms with Gasteiger partial charge < -0.3 is 14.4 Å². The second-order valence-electron chi connectivity index (χ2n) is 6.80. The number of ether oxygens (including phenoxy) is 2. The van der Waals surface area contributed by atoms with Crippen molar-refractivity contribution in [2.45, 2.75) is 19.1 Å². The summed E-state index contributed by atoms with van der Waals surface area (Å²) in [6, 6.07) is 18.0. The summed E-state index contributed by atoms with van der Waals surface area (Å²) in [5, 5.41) is 0. The van der Waals surface area contributed by atoms with E-state index >= 15 is 0 Å². The van der Waals surface area contributed by atoms with Crippen LogP contribution in [0.5, 0.6) is 11.5 Å². The van der Waals surface area contributed by atoms with E-state index in [4.69, 9.17) is 9.47 Å². The molecule has 0 saturated carbocycles. The zero-order chi connectivity index (χ0) is 17.8. The topological polar surface area (TPSA) is 42.0 Å². The molecule has 0 aliphatic carbocycles. The number of carbonyl (C=O) groups is 1.